The molecule has 180 valence electrons. The van der Waals surface area contributed by atoms with Crippen LogP contribution in [0.3, 0.4) is 0 Å². The van der Waals surface area contributed by atoms with Crippen molar-refractivity contribution in [2.24, 2.45) is 5.73 Å². The predicted octanol–water partition coefficient (Wildman–Crippen LogP) is 2.10. The third kappa shape index (κ3) is 5.94. The van der Waals surface area contributed by atoms with E-state index in [1.807, 2.05) is 19.1 Å². The molecule has 5 N–H and O–H groups in total. The zero-order valence-electron chi connectivity index (χ0n) is 18.8. The third-order valence-electron chi connectivity index (χ3n) is 5.11. The lowest BCUT2D eigenvalue weighted by molar-refractivity contribution is -0.144. The van der Waals surface area contributed by atoms with E-state index in [2.05, 4.69) is 16.0 Å². The molecule has 3 rings (SSSR count). The monoisotopic (exact) mass is 470 g/mol. The quantitative estimate of drug-likeness (QED) is 0.408. The van der Waals surface area contributed by atoms with Crippen molar-refractivity contribution in [3.8, 4) is 0 Å². The molecule has 0 saturated carbocycles. The smallest absolute Gasteiger partial charge is 0.338 e. The standard InChI is InChI=1S/C23H26N4O7/c1-3-32-21(29)19-16(26-23(31)27-20(19)17-9-6-10-33-17)12-34-18(28)11-15(25-22(24)30)14-8-5-4-7-13(14)2/h4-10,15,20H,3,11-12H2,1-2H3,(H3,24,25,30)(H2,26,27,31). The lowest BCUT2D eigenvalue weighted by atomic mass is 9.99. The Morgan fingerprint density at radius 2 is 1.94 bits per heavy atom. The van der Waals surface area contributed by atoms with Crippen LogP contribution in [-0.4, -0.2) is 37.2 Å². The van der Waals surface area contributed by atoms with Crippen LogP contribution in [0.15, 0.2) is 58.3 Å². The number of furan rings is 1. The van der Waals surface area contributed by atoms with Crippen molar-refractivity contribution in [3.05, 3.63) is 70.8 Å². The highest BCUT2D eigenvalue weighted by Gasteiger charge is 2.36. The van der Waals surface area contributed by atoms with Crippen molar-refractivity contribution >= 4 is 24.0 Å². The van der Waals surface area contributed by atoms with Gasteiger partial charge in [0.1, 0.15) is 18.4 Å². The Morgan fingerprint density at radius 1 is 1.18 bits per heavy atom. The van der Waals surface area contributed by atoms with Crippen LogP contribution in [0.2, 0.25) is 0 Å². The number of aryl methyl sites for hydroxylation is 1. The summed E-state index contributed by atoms with van der Waals surface area (Å²) in [4.78, 5) is 49.0. The Labute approximate surface area is 195 Å². The topological polar surface area (TPSA) is 162 Å². The van der Waals surface area contributed by atoms with Crippen LogP contribution >= 0.6 is 0 Å². The van der Waals surface area contributed by atoms with Gasteiger partial charge in [-0.25, -0.2) is 14.4 Å². The molecule has 1 aromatic carbocycles. The number of ether oxygens (including phenoxy) is 2. The first-order valence-electron chi connectivity index (χ1n) is 10.6. The molecule has 0 bridgehead atoms. The summed E-state index contributed by atoms with van der Waals surface area (Å²) >= 11 is 0. The van der Waals surface area contributed by atoms with Crippen molar-refractivity contribution < 1.29 is 33.1 Å². The van der Waals surface area contributed by atoms with Gasteiger partial charge >= 0.3 is 24.0 Å². The van der Waals surface area contributed by atoms with E-state index in [1.54, 1.807) is 31.2 Å². The summed E-state index contributed by atoms with van der Waals surface area (Å²) in [5, 5.41) is 7.64. The average Bonchev–Trinajstić information content (AvgIpc) is 3.32. The summed E-state index contributed by atoms with van der Waals surface area (Å²) in [7, 11) is 0. The number of hydrogen-bond donors (Lipinski definition) is 4. The number of hydrogen-bond acceptors (Lipinski definition) is 7. The van der Waals surface area contributed by atoms with E-state index in [1.165, 1.54) is 6.26 Å². The first kappa shape index (κ1) is 24.4. The highest BCUT2D eigenvalue weighted by Crippen LogP contribution is 2.28. The number of amides is 4. The van der Waals surface area contributed by atoms with Gasteiger partial charge in [0.2, 0.25) is 0 Å². The fraction of sp³-hybridized carbons (Fsp3) is 0.304. The summed E-state index contributed by atoms with van der Waals surface area (Å²) in [5.41, 5.74) is 6.95. The Balaban J connectivity index is 1.81. The molecule has 4 amide bonds. The van der Waals surface area contributed by atoms with Crippen LogP contribution in [0.1, 0.15) is 42.3 Å². The summed E-state index contributed by atoms with van der Waals surface area (Å²) in [6, 6.07) is 7.39. The molecule has 11 nitrogen and oxygen atoms in total. The first-order valence-corrected chi connectivity index (χ1v) is 10.6. The zero-order chi connectivity index (χ0) is 24.7. The van der Waals surface area contributed by atoms with Gasteiger partial charge in [-0.05, 0) is 37.1 Å². The molecular weight excluding hydrogens is 444 g/mol. The number of nitrogens with two attached hydrogens (primary N) is 1. The van der Waals surface area contributed by atoms with Gasteiger partial charge in [0.25, 0.3) is 0 Å². The van der Waals surface area contributed by atoms with Crippen LogP contribution in [0.4, 0.5) is 9.59 Å². The predicted molar refractivity (Wildman–Crippen MR) is 119 cm³/mol. The second-order valence-corrected chi connectivity index (χ2v) is 7.44. The zero-order valence-corrected chi connectivity index (χ0v) is 18.8. The maximum absolute atomic E-state index is 12.7. The van der Waals surface area contributed by atoms with E-state index in [0.717, 1.165) is 5.56 Å². The van der Waals surface area contributed by atoms with E-state index < -0.39 is 42.7 Å². The number of urea groups is 2. The van der Waals surface area contributed by atoms with Crippen molar-refractivity contribution in [1.29, 1.82) is 0 Å². The van der Waals surface area contributed by atoms with E-state index in [0.29, 0.717) is 11.3 Å². The van der Waals surface area contributed by atoms with Crippen LogP contribution < -0.4 is 21.7 Å². The lowest BCUT2D eigenvalue weighted by Gasteiger charge is -2.27. The number of nitrogens with one attached hydrogen (secondary N) is 3. The van der Waals surface area contributed by atoms with Gasteiger partial charge in [-0.3, -0.25) is 4.79 Å². The van der Waals surface area contributed by atoms with Crippen molar-refractivity contribution in [2.75, 3.05) is 13.2 Å². The largest absolute Gasteiger partial charge is 0.467 e. The number of carbonyl (C=O) groups is 4. The van der Waals surface area contributed by atoms with Crippen LogP contribution in [0.5, 0.6) is 0 Å². The highest BCUT2D eigenvalue weighted by atomic mass is 16.5. The summed E-state index contributed by atoms with van der Waals surface area (Å²) in [5.74, 6) is -1.07. The second kappa shape index (κ2) is 11.0. The van der Waals surface area contributed by atoms with Crippen LogP contribution in [0, 0.1) is 6.92 Å². The SMILES string of the molecule is CCOC(=O)C1=C(COC(=O)CC(NC(N)=O)c2ccccc2C)NC(=O)NC1c1ccco1. The van der Waals surface area contributed by atoms with E-state index >= 15 is 0 Å². The second-order valence-electron chi connectivity index (χ2n) is 7.44. The number of rotatable bonds is 9. The van der Waals surface area contributed by atoms with Gasteiger partial charge in [-0.1, -0.05) is 24.3 Å². The van der Waals surface area contributed by atoms with Crippen LogP contribution in [-0.2, 0) is 19.1 Å². The Hall–Kier alpha value is -4.28. The minimum absolute atomic E-state index is 0.0508. The molecule has 2 heterocycles. The molecule has 11 heteroatoms. The third-order valence-corrected chi connectivity index (χ3v) is 5.11. The molecule has 1 aliphatic rings. The maximum Gasteiger partial charge on any atom is 0.338 e. The molecule has 1 aromatic heterocycles. The number of primary amides is 1. The Kier molecular flexibility index (Phi) is 7.91. The van der Waals surface area contributed by atoms with Crippen molar-refractivity contribution in [3.63, 3.8) is 0 Å². The van der Waals surface area contributed by atoms with Gasteiger partial charge in [0, 0.05) is 0 Å². The molecule has 34 heavy (non-hydrogen) atoms. The van der Waals surface area contributed by atoms with Gasteiger partial charge in [0.05, 0.1) is 36.6 Å². The molecule has 0 radical (unpaired) electrons. The van der Waals surface area contributed by atoms with E-state index in [9.17, 15) is 19.2 Å². The molecule has 0 aliphatic carbocycles. The van der Waals surface area contributed by atoms with Gasteiger partial charge < -0.3 is 35.6 Å². The lowest BCUT2D eigenvalue weighted by Crippen LogP contribution is -2.47. The van der Waals surface area contributed by atoms with Crippen LogP contribution in [0.25, 0.3) is 0 Å². The highest BCUT2D eigenvalue weighted by molar-refractivity contribution is 5.95. The molecule has 0 saturated heterocycles. The van der Waals surface area contributed by atoms with E-state index in [4.69, 9.17) is 19.6 Å². The fourth-order valence-electron chi connectivity index (χ4n) is 3.62. The maximum atomic E-state index is 12.7. The van der Waals surface area contributed by atoms with Crippen molar-refractivity contribution in [2.45, 2.75) is 32.4 Å². The van der Waals surface area contributed by atoms with Crippen molar-refractivity contribution in [1.82, 2.24) is 16.0 Å². The number of carbonyl (C=O) groups excluding carboxylic acids is 4. The fourth-order valence-corrected chi connectivity index (χ4v) is 3.62. The molecule has 0 fully saturated rings. The normalized spacial score (nSPS) is 16.2. The molecule has 0 spiro atoms. The summed E-state index contributed by atoms with van der Waals surface area (Å²) < 4.78 is 15.8. The minimum atomic E-state index is -0.923. The molecule has 2 unspecified atom stereocenters. The summed E-state index contributed by atoms with van der Waals surface area (Å²) in [6.45, 7) is 3.18. The number of esters is 2. The minimum Gasteiger partial charge on any atom is -0.467 e. The Morgan fingerprint density at radius 3 is 2.59 bits per heavy atom. The molecule has 2 aromatic rings. The first-order chi connectivity index (χ1) is 16.3. The Bertz CT molecular complexity index is 1090. The van der Waals surface area contributed by atoms with E-state index in [-0.39, 0.29) is 24.3 Å². The molecular formula is C23H26N4O7. The average molecular weight is 470 g/mol. The molecule has 2 atom stereocenters. The summed E-state index contributed by atoms with van der Waals surface area (Å²) in [6.07, 6.45) is 1.19. The van der Waals surface area contributed by atoms with Gasteiger partial charge in [-0.2, -0.15) is 0 Å². The number of benzene rings is 1. The van der Waals surface area contributed by atoms with Gasteiger partial charge in [0.15, 0.2) is 0 Å². The van der Waals surface area contributed by atoms with Gasteiger partial charge in [-0.15, -0.1) is 0 Å². The molecule has 1 aliphatic heterocycles.